The molecule has 0 bridgehead atoms. The smallest absolute Gasteiger partial charge is 0.331 e. The first-order valence-corrected chi connectivity index (χ1v) is 11.6. The molecule has 9 heteroatoms. The lowest BCUT2D eigenvalue weighted by molar-refractivity contribution is -0.149. The van der Waals surface area contributed by atoms with Crippen molar-refractivity contribution < 1.29 is 17.9 Å². The molecule has 0 aliphatic carbocycles. The molecule has 1 heterocycles. The van der Waals surface area contributed by atoms with E-state index in [0.717, 1.165) is 21.7 Å². The predicted octanol–water partition coefficient (Wildman–Crippen LogP) is 2.53. The van der Waals surface area contributed by atoms with Crippen LogP contribution >= 0.6 is 0 Å². The normalized spacial score (nSPS) is 18.5. The van der Waals surface area contributed by atoms with Crippen LogP contribution in [0.15, 0.2) is 58.8 Å². The summed E-state index contributed by atoms with van der Waals surface area (Å²) in [6.07, 6.45) is 0. The largest absolute Gasteiger partial charge is 0.464 e. The minimum Gasteiger partial charge on any atom is -0.464 e. The summed E-state index contributed by atoms with van der Waals surface area (Å²) in [6, 6.07) is 12.7. The molecule has 1 aliphatic heterocycles. The first-order chi connectivity index (χ1) is 15.1. The number of aryl methyl sites for hydroxylation is 3. The topological polar surface area (TPSA) is 126 Å². The van der Waals surface area contributed by atoms with Gasteiger partial charge in [0.05, 0.1) is 29.1 Å². The molecular formula is C23H26N4O4S. The van der Waals surface area contributed by atoms with Crippen LogP contribution in [0.25, 0.3) is 0 Å². The molecule has 0 radical (unpaired) electrons. The Morgan fingerprint density at radius 2 is 1.81 bits per heavy atom. The highest BCUT2D eigenvalue weighted by molar-refractivity contribution is 7.89. The van der Waals surface area contributed by atoms with E-state index in [9.17, 15) is 18.5 Å². The first kappa shape index (κ1) is 23.3. The molecular weight excluding hydrogens is 428 g/mol. The molecule has 8 nitrogen and oxygen atoms in total. The van der Waals surface area contributed by atoms with Crippen molar-refractivity contribution in [2.45, 2.75) is 44.6 Å². The predicted molar refractivity (Wildman–Crippen MR) is 119 cm³/mol. The van der Waals surface area contributed by atoms with Crippen molar-refractivity contribution in [3.63, 3.8) is 0 Å². The average Bonchev–Trinajstić information content (AvgIpc) is 3.01. The van der Waals surface area contributed by atoms with Crippen LogP contribution in [-0.4, -0.2) is 32.0 Å². The van der Waals surface area contributed by atoms with E-state index in [1.165, 1.54) is 12.1 Å². The SMILES string of the molecule is CCOC(=O)C1C(c2ccc(C)c(C)c2)C(C#N)=C(N)N1NS(=O)(=O)c1ccc(C)cc1. The molecule has 168 valence electrons. The average molecular weight is 455 g/mol. The highest BCUT2D eigenvalue weighted by Crippen LogP contribution is 2.40. The molecule has 0 saturated carbocycles. The van der Waals surface area contributed by atoms with Gasteiger partial charge in [-0.25, -0.2) is 13.2 Å². The zero-order valence-corrected chi connectivity index (χ0v) is 19.2. The highest BCUT2D eigenvalue weighted by atomic mass is 32.2. The van der Waals surface area contributed by atoms with Gasteiger partial charge in [0.2, 0.25) is 0 Å². The number of hydrogen-bond donors (Lipinski definition) is 2. The Kier molecular flexibility index (Phi) is 6.57. The Labute approximate surface area is 188 Å². The number of nitrogens with one attached hydrogen (secondary N) is 1. The molecule has 0 saturated heterocycles. The van der Waals surface area contributed by atoms with E-state index in [-0.39, 0.29) is 22.9 Å². The standard InChI is InChI=1S/C23H26N4O4S/c1-5-31-23(28)21-20(17-9-8-15(3)16(4)12-17)19(13-24)22(25)27(21)26-32(29,30)18-10-6-14(2)7-11-18/h6-12,20-21,26H,5,25H2,1-4H3. The summed E-state index contributed by atoms with van der Waals surface area (Å²) in [5.41, 5.74) is 9.89. The van der Waals surface area contributed by atoms with Gasteiger partial charge in [0.25, 0.3) is 10.0 Å². The first-order valence-electron chi connectivity index (χ1n) is 10.1. The number of rotatable bonds is 6. The number of sulfonamides is 1. The number of nitrogens with zero attached hydrogens (tertiary/aromatic N) is 2. The maximum absolute atomic E-state index is 13.0. The Morgan fingerprint density at radius 1 is 1.16 bits per heavy atom. The second kappa shape index (κ2) is 9.02. The van der Waals surface area contributed by atoms with E-state index in [1.54, 1.807) is 19.1 Å². The molecule has 0 spiro atoms. The van der Waals surface area contributed by atoms with Gasteiger partial charge in [0, 0.05) is 0 Å². The minimum atomic E-state index is -4.08. The van der Waals surface area contributed by atoms with Crippen molar-refractivity contribution in [3.8, 4) is 6.07 Å². The second-order valence-electron chi connectivity index (χ2n) is 7.71. The number of benzene rings is 2. The molecule has 0 amide bonds. The fraction of sp³-hybridized carbons (Fsp3) is 0.304. The van der Waals surface area contributed by atoms with Crippen molar-refractivity contribution in [3.05, 3.63) is 76.1 Å². The van der Waals surface area contributed by atoms with Crippen molar-refractivity contribution in [1.82, 2.24) is 9.84 Å². The molecule has 2 atom stereocenters. The van der Waals surface area contributed by atoms with Crippen LogP contribution < -0.4 is 10.6 Å². The van der Waals surface area contributed by atoms with Crippen molar-refractivity contribution in [2.75, 3.05) is 6.61 Å². The van der Waals surface area contributed by atoms with E-state index in [4.69, 9.17) is 10.5 Å². The van der Waals surface area contributed by atoms with E-state index in [2.05, 4.69) is 10.9 Å². The van der Waals surface area contributed by atoms with Gasteiger partial charge in [-0.2, -0.15) is 5.26 Å². The number of carbonyl (C=O) groups is 1. The fourth-order valence-corrected chi connectivity index (χ4v) is 4.73. The Balaban J connectivity index is 2.10. The molecule has 0 fully saturated rings. The van der Waals surface area contributed by atoms with Crippen molar-refractivity contribution >= 4 is 16.0 Å². The van der Waals surface area contributed by atoms with Crippen LogP contribution in [-0.2, 0) is 19.6 Å². The number of esters is 1. The zero-order valence-electron chi connectivity index (χ0n) is 18.4. The zero-order chi connectivity index (χ0) is 23.6. The second-order valence-corrected chi connectivity index (χ2v) is 9.37. The number of hydrazine groups is 1. The molecule has 1 aliphatic rings. The maximum Gasteiger partial charge on any atom is 0.331 e. The Hall–Kier alpha value is -3.35. The highest BCUT2D eigenvalue weighted by Gasteiger charge is 2.48. The van der Waals surface area contributed by atoms with Crippen LogP contribution in [0.5, 0.6) is 0 Å². The van der Waals surface area contributed by atoms with Crippen LogP contribution in [0.1, 0.15) is 35.1 Å². The van der Waals surface area contributed by atoms with Crippen molar-refractivity contribution in [2.24, 2.45) is 5.73 Å². The van der Waals surface area contributed by atoms with Gasteiger partial charge in [0.15, 0.2) is 6.04 Å². The summed E-state index contributed by atoms with van der Waals surface area (Å²) in [5, 5.41) is 10.9. The fourth-order valence-electron chi connectivity index (χ4n) is 3.65. The molecule has 3 rings (SSSR count). The summed E-state index contributed by atoms with van der Waals surface area (Å²) in [7, 11) is -4.08. The number of ether oxygens (including phenoxy) is 1. The maximum atomic E-state index is 13.0. The van der Waals surface area contributed by atoms with Crippen LogP contribution in [0, 0.1) is 32.1 Å². The van der Waals surface area contributed by atoms with Gasteiger partial charge >= 0.3 is 5.97 Å². The molecule has 2 aromatic carbocycles. The summed E-state index contributed by atoms with van der Waals surface area (Å²) in [6.45, 7) is 7.46. The van der Waals surface area contributed by atoms with Gasteiger partial charge < -0.3 is 10.5 Å². The van der Waals surface area contributed by atoms with Crippen LogP contribution in [0.2, 0.25) is 0 Å². The van der Waals surface area contributed by atoms with E-state index in [1.807, 2.05) is 39.0 Å². The minimum absolute atomic E-state index is 0.00615. The van der Waals surface area contributed by atoms with Gasteiger partial charge in [-0.3, -0.25) is 5.01 Å². The van der Waals surface area contributed by atoms with Gasteiger partial charge in [-0.15, -0.1) is 4.83 Å². The summed E-state index contributed by atoms with van der Waals surface area (Å²) in [4.78, 5) is 15.4. The van der Waals surface area contributed by atoms with Gasteiger partial charge in [-0.1, -0.05) is 35.9 Å². The third-order valence-electron chi connectivity index (χ3n) is 5.53. The molecule has 2 aromatic rings. The Morgan fingerprint density at radius 3 is 2.38 bits per heavy atom. The third-order valence-corrected chi connectivity index (χ3v) is 6.86. The lowest BCUT2D eigenvalue weighted by Crippen LogP contribution is -2.51. The quantitative estimate of drug-likeness (QED) is 0.643. The Bertz CT molecular complexity index is 1210. The lowest BCUT2D eigenvalue weighted by atomic mass is 9.86. The summed E-state index contributed by atoms with van der Waals surface area (Å²) in [5.74, 6) is -1.61. The molecule has 32 heavy (non-hydrogen) atoms. The van der Waals surface area contributed by atoms with Crippen molar-refractivity contribution in [1.29, 1.82) is 5.26 Å². The van der Waals surface area contributed by atoms with E-state index < -0.39 is 28.0 Å². The molecule has 2 unspecified atom stereocenters. The van der Waals surface area contributed by atoms with Gasteiger partial charge in [-0.05, 0) is 56.5 Å². The number of nitriles is 1. The van der Waals surface area contributed by atoms with E-state index in [0.29, 0.717) is 5.56 Å². The number of hydrogen-bond acceptors (Lipinski definition) is 7. The lowest BCUT2D eigenvalue weighted by Gasteiger charge is -2.29. The number of nitrogens with two attached hydrogens (primary N) is 1. The van der Waals surface area contributed by atoms with Crippen LogP contribution in [0.4, 0.5) is 0 Å². The van der Waals surface area contributed by atoms with Crippen LogP contribution in [0.3, 0.4) is 0 Å². The van der Waals surface area contributed by atoms with Gasteiger partial charge in [0.1, 0.15) is 5.82 Å². The monoisotopic (exact) mass is 454 g/mol. The summed E-state index contributed by atoms with van der Waals surface area (Å²) < 4.78 is 31.3. The van der Waals surface area contributed by atoms with E-state index >= 15 is 0 Å². The molecule has 0 aromatic heterocycles. The number of carbonyl (C=O) groups excluding carboxylic acids is 1. The third kappa shape index (κ3) is 4.33. The molecule has 3 N–H and O–H groups in total. The summed E-state index contributed by atoms with van der Waals surface area (Å²) >= 11 is 0.